The van der Waals surface area contributed by atoms with Crippen LogP contribution in [0, 0.1) is 0 Å². The van der Waals surface area contributed by atoms with Crippen molar-refractivity contribution in [2.75, 3.05) is 4.90 Å². The van der Waals surface area contributed by atoms with Crippen LogP contribution >= 0.6 is 11.6 Å². The van der Waals surface area contributed by atoms with Crippen molar-refractivity contribution < 1.29 is 9.90 Å². The van der Waals surface area contributed by atoms with Crippen molar-refractivity contribution in [1.82, 2.24) is 9.55 Å². The minimum absolute atomic E-state index is 0.106. The number of fused-ring (bicyclic) bond motifs is 1. The molecule has 0 unspecified atom stereocenters. The van der Waals surface area contributed by atoms with Gasteiger partial charge >= 0.3 is 5.97 Å². The molecule has 0 saturated heterocycles. The maximum Gasteiger partial charge on any atom is 0.335 e. The zero-order chi connectivity index (χ0) is 30.8. The summed E-state index contributed by atoms with van der Waals surface area (Å²) in [6.07, 6.45) is 5.87. The molecule has 1 heterocycles. The molecule has 6 heteroatoms. The summed E-state index contributed by atoms with van der Waals surface area (Å²) >= 11 is 6.46. The number of aromatic nitrogens is 2. The van der Waals surface area contributed by atoms with E-state index >= 15 is 0 Å². The summed E-state index contributed by atoms with van der Waals surface area (Å²) in [6, 6.07) is 31.3. The van der Waals surface area contributed by atoms with Crippen molar-refractivity contribution >= 4 is 34.3 Å². The lowest BCUT2D eigenvalue weighted by Gasteiger charge is -2.27. The van der Waals surface area contributed by atoms with Gasteiger partial charge in [0.15, 0.2) is 0 Å². The molecule has 226 valence electrons. The van der Waals surface area contributed by atoms with Gasteiger partial charge in [-0.3, -0.25) is 0 Å². The Morgan fingerprint density at radius 1 is 0.886 bits per heavy atom. The van der Waals surface area contributed by atoms with Crippen molar-refractivity contribution in [2.45, 2.75) is 77.4 Å². The molecule has 1 fully saturated rings. The van der Waals surface area contributed by atoms with Crippen LogP contribution < -0.4 is 4.90 Å². The first-order chi connectivity index (χ1) is 21.2. The van der Waals surface area contributed by atoms with Gasteiger partial charge in [-0.15, -0.1) is 0 Å². The molecule has 44 heavy (non-hydrogen) atoms. The molecule has 1 aliphatic carbocycles. The van der Waals surface area contributed by atoms with Gasteiger partial charge in [0.1, 0.15) is 5.82 Å². The van der Waals surface area contributed by atoms with Gasteiger partial charge in [0, 0.05) is 35.4 Å². The first-order valence-electron chi connectivity index (χ1n) is 15.6. The van der Waals surface area contributed by atoms with E-state index in [4.69, 9.17) is 16.6 Å². The highest BCUT2D eigenvalue weighted by molar-refractivity contribution is 6.30. The average molecular weight is 606 g/mol. The number of rotatable bonds is 8. The maximum absolute atomic E-state index is 11.7. The smallest absolute Gasteiger partial charge is 0.335 e. The molecule has 1 N–H and O–H groups in total. The zero-order valence-corrected chi connectivity index (χ0v) is 26.5. The fourth-order valence-electron chi connectivity index (χ4n) is 6.42. The monoisotopic (exact) mass is 605 g/mol. The fourth-order valence-corrected chi connectivity index (χ4v) is 6.60. The minimum Gasteiger partial charge on any atom is -0.478 e. The maximum atomic E-state index is 11.7. The van der Waals surface area contributed by atoms with Gasteiger partial charge in [0.25, 0.3) is 0 Å². The largest absolute Gasteiger partial charge is 0.478 e. The Balaban J connectivity index is 1.37. The van der Waals surface area contributed by atoms with Crippen LogP contribution in [0.15, 0.2) is 91.0 Å². The second-order valence-corrected chi connectivity index (χ2v) is 13.5. The highest BCUT2D eigenvalue weighted by Gasteiger charge is 2.23. The number of anilines is 1. The van der Waals surface area contributed by atoms with Crippen molar-refractivity contribution in [1.29, 1.82) is 0 Å². The van der Waals surface area contributed by atoms with Crippen LogP contribution in [0.1, 0.15) is 86.0 Å². The summed E-state index contributed by atoms with van der Waals surface area (Å²) in [4.78, 5) is 19.2. The van der Waals surface area contributed by atoms with E-state index in [1.807, 2.05) is 24.3 Å². The minimum atomic E-state index is -0.934. The van der Waals surface area contributed by atoms with Crippen molar-refractivity contribution in [3.8, 4) is 11.4 Å². The van der Waals surface area contributed by atoms with Gasteiger partial charge in [-0.2, -0.15) is 0 Å². The molecule has 0 aliphatic heterocycles. The summed E-state index contributed by atoms with van der Waals surface area (Å²) in [5, 5.41) is 10.3. The topological polar surface area (TPSA) is 58.4 Å². The van der Waals surface area contributed by atoms with Gasteiger partial charge in [-0.1, -0.05) is 100 Å². The van der Waals surface area contributed by atoms with E-state index in [0.29, 0.717) is 17.6 Å². The molecule has 0 radical (unpaired) electrons. The van der Waals surface area contributed by atoms with Gasteiger partial charge in [-0.05, 0) is 77.4 Å². The second kappa shape index (κ2) is 12.5. The van der Waals surface area contributed by atoms with Crippen LogP contribution in [-0.4, -0.2) is 20.6 Å². The number of aromatic carboxylic acids is 1. The number of benzene rings is 4. The van der Waals surface area contributed by atoms with Gasteiger partial charge in [0.2, 0.25) is 0 Å². The van der Waals surface area contributed by atoms with Crippen LogP contribution in [0.25, 0.3) is 22.4 Å². The normalized spacial score (nSPS) is 14.2. The number of carboxylic acids is 1. The van der Waals surface area contributed by atoms with E-state index in [0.717, 1.165) is 47.5 Å². The van der Waals surface area contributed by atoms with Crippen molar-refractivity contribution in [3.63, 3.8) is 0 Å². The third-order valence-corrected chi connectivity index (χ3v) is 9.04. The number of halogens is 1. The summed E-state index contributed by atoms with van der Waals surface area (Å²) in [5.41, 5.74) is 7.94. The van der Waals surface area contributed by atoms with Crippen molar-refractivity contribution in [3.05, 3.63) is 118 Å². The lowest BCUT2D eigenvalue weighted by molar-refractivity contribution is 0.0697. The van der Waals surface area contributed by atoms with E-state index in [1.54, 1.807) is 12.1 Å². The van der Waals surface area contributed by atoms with E-state index in [9.17, 15) is 9.90 Å². The quantitative estimate of drug-likeness (QED) is 0.191. The Kier molecular flexibility index (Phi) is 8.50. The standard InChI is InChI=1S/C38H40ClN3O2/c1-38(2,3)30-18-15-26(16-19-30)24-41(33-14-8-11-31(39)23-33)25-27-9-7-10-28(21-27)36-40-34-22-29(37(43)44)17-20-35(34)42(36)32-12-5-4-6-13-32/h7-11,14-23,32H,4-6,12-13,24-25H2,1-3H3,(H,43,44). The fraction of sp³-hybridized carbons (Fsp3) is 0.316. The summed E-state index contributed by atoms with van der Waals surface area (Å²) in [6.45, 7) is 8.15. The molecule has 0 bridgehead atoms. The number of nitrogens with zero attached hydrogens (tertiary/aromatic N) is 3. The third kappa shape index (κ3) is 6.53. The van der Waals surface area contributed by atoms with Gasteiger partial charge in [-0.25, -0.2) is 9.78 Å². The van der Waals surface area contributed by atoms with E-state index in [1.165, 1.54) is 36.0 Å². The van der Waals surface area contributed by atoms with Crippen molar-refractivity contribution in [2.24, 2.45) is 0 Å². The lowest BCUT2D eigenvalue weighted by atomic mass is 9.87. The summed E-state index contributed by atoms with van der Waals surface area (Å²) in [5.74, 6) is -0.0276. The highest BCUT2D eigenvalue weighted by atomic mass is 35.5. The van der Waals surface area contributed by atoms with Crippen LogP contribution in [0.4, 0.5) is 5.69 Å². The van der Waals surface area contributed by atoms with E-state index in [2.05, 4.69) is 84.8 Å². The first-order valence-corrected chi connectivity index (χ1v) is 16.0. The molecule has 4 aromatic carbocycles. The second-order valence-electron chi connectivity index (χ2n) is 13.1. The Bertz CT molecular complexity index is 1780. The van der Waals surface area contributed by atoms with Crippen LogP contribution in [0.3, 0.4) is 0 Å². The molecule has 0 amide bonds. The molecular formula is C38H40ClN3O2. The van der Waals surface area contributed by atoms with E-state index in [-0.39, 0.29) is 11.0 Å². The molecule has 1 aliphatic rings. The van der Waals surface area contributed by atoms with Crippen LogP contribution in [0.2, 0.25) is 5.02 Å². The molecule has 6 rings (SSSR count). The van der Waals surface area contributed by atoms with Crippen LogP contribution in [0.5, 0.6) is 0 Å². The first kappa shape index (κ1) is 30.0. The molecule has 0 spiro atoms. The molecule has 0 atom stereocenters. The molecule has 1 aromatic heterocycles. The molecule has 5 aromatic rings. The Labute approximate surface area is 265 Å². The highest BCUT2D eigenvalue weighted by Crippen LogP contribution is 2.37. The molecule has 5 nitrogen and oxygen atoms in total. The average Bonchev–Trinajstić information content (AvgIpc) is 3.40. The van der Waals surface area contributed by atoms with Gasteiger partial charge < -0.3 is 14.6 Å². The van der Waals surface area contributed by atoms with E-state index < -0.39 is 5.97 Å². The Morgan fingerprint density at radius 2 is 1.61 bits per heavy atom. The Morgan fingerprint density at radius 3 is 2.32 bits per heavy atom. The number of hydrogen-bond acceptors (Lipinski definition) is 3. The zero-order valence-electron chi connectivity index (χ0n) is 25.8. The predicted molar refractivity (Wildman–Crippen MR) is 181 cm³/mol. The molecular weight excluding hydrogens is 566 g/mol. The number of imidazole rings is 1. The number of carbonyl (C=O) groups is 1. The van der Waals surface area contributed by atoms with Gasteiger partial charge in [0.05, 0.1) is 16.6 Å². The number of hydrogen-bond donors (Lipinski definition) is 1. The SMILES string of the molecule is CC(C)(C)c1ccc(CN(Cc2cccc(-c3nc4cc(C(=O)O)ccc4n3C3CCCCC3)c2)c2cccc(Cl)c2)cc1. The number of carboxylic acid groups (broad SMARTS) is 1. The summed E-state index contributed by atoms with van der Waals surface area (Å²) < 4.78 is 2.37. The lowest BCUT2D eigenvalue weighted by Crippen LogP contribution is -2.22. The van der Waals surface area contributed by atoms with Crippen LogP contribution in [-0.2, 0) is 18.5 Å². The summed E-state index contributed by atoms with van der Waals surface area (Å²) in [7, 11) is 0. The predicted octanol–water partition coefficient (Wildman–Crippen LogP) is 10.1. The molecule has 1 saturated carbocycles. The third-order valence-electron chi connectivity index (χ3n) is 8.80. The Hall–Kier alpha value is -4.09.